The van der Waals surface area contributed by atoms with Gasteiger partial charge >= 0.3 is 0 Å². The molecule has 0 aliphatic carbocycles. The standard InChI is InChI=1S/C18H20N2O3S/c1-14-4-6-15(7-5-14)8-13-18(21)19-16-9-11-17(12-10-16)24(22,23)20(2)3/h4-13H,1-3H3,(H,19,21). The minimum atomic E-state index is -3.47. The van der Waals surface area contributed by atoms with Crippen molar-refractivity contribution in [2.75, 3.05) is 19.4 Å². The van der Waals surface area contributed by atoms with Crippen LogP contribution in [0.3, 0.4) is 0 Å². The van der Waals surface area contributed by atoms with Gasteiger partial charge in [0.15, 0.2) is 0 Å². The third-order valence-corrected chi connectivity index (χ3v) is 5.23. The number of hydrogen-bond acceptors (Lipinski definition) is 3. The fourth-order valence-corrected chi connectivity index (χ4v) is 2.86. The highest BCUT2D eigenvalue weighted by Crippen LogP contribution is 2.16. The molecule has 0 fully saturated rings. The number of benzene rings is 2. The monoisotopic (exact) mass is 344 g/mol. The van der Waals surface area contributed by atoms with Crippen molar-refractivity contribution in [2.24, 2.45) is 0 Å². The number of nitrogens with zero attached hydrogens (tertiary/aromatic N) is 1. The lowest BCUT2D eigenvalue weighted by Crippen LogP contribution is -2.22. The van der Waals surface area contributed by atoms with Gasteiger partial charge in [-0.1, -0.05) is 29.8 Å². The van der Waals surface area contributed by atoms with Gasteiger partial charge < -0.3 is 5.32 Å². The highest BCUT2D eigenvalue weighted by Gasteiger charge is 2.16. The first kappa shape index (κ1) is 17.9. The molecule has 0 heterocycles. The minimum Gasteiger partial charge on any atom is -0.323 e. The first-order chi connectivity index (χ1) is 11.3. The van der Waals surface area contributed by atoms with E-state index in [1.807, 2.05) is 31.2 Å². The first-order valence-corrected chi connectivity index (χ1v) is 8.81. The normalized spacial score (nSPS) is 11.8. The fourth-order valence-electron chi connectivity index (χ4n) is 1.95. The Hall–Kier alpha value is -2.44. The van der Waals surface area contributed by atoms with Crippen molar-refractivity contribution in [1.82, 2.24) is 4.31 Å². The Bertz CT molecular complexity index is 837. The van der Waals surface area contributed by atoms with Gasteiger partial charge in [0.1, 0.15) is 0 Å². The summed E-state index contributed by atoms with van der Waals surface area (Å²) in [6.45, 7) is 2.00. The average molecular weight is 344 g/mol. The summed E-state index contributed by atoms with van der Waals surface area (Å²) in [4.78, 5) is 12.1. The fraction of sp³-hybridized carbons (Fsp3) is 0.167. The molecule has 1 amide bonds. The Morgan fingerprint density at radius 3 is 2.12 bits per heavy atom. The molecule has 0 aromatic heterocycles. The van der Waals surface area contributed by atoms with E-state index in [9.17, 15) is 13.2 Å². The van der Waals surface area contributed by atoms with Crippen LogP contribution in [0.25, 0.3) is 6.08 Å². The van der Waals surface area contributed by atoms with Crippen molar-refractivity contribution in [3.8, 4) is 0 Å². The van der Waals surface area contributed by atoms with Crippen LogP contribution in [-0.2, 0) is 14.8 Å². The molecule has 5 nitrogen and oxygen atoms in total. The van der Waals surface area contributed by atoms with Gasteiger partial charge in [0, 0.05) is 25.9 Å². The van der Waals surface area contributed by atoms with Crippen LogP contribution in [0.1, 0.15) is 11.1 Å². The molecule has 0 atom stereocenters. The highest BCUT2D eigenvalue weighted by molar-refractivity contribution is 7.89. The van der Waals surface area contributed by atoms with E-state index in [0.29, 0.717) is 5.69 Å². The zero-order valence-corrected chi connectivity index (χ0v) is 14.7. The molecule has 0 aliphatic rings. The van der Waals surface area contributed by atoms with Crippen molar-refractivity contribution in [3.63, 3.8) is 0 Å². The molecule has 0 radical (unpaired) electrons. The van der Waals surface area contributed by atoms with E-state index in [2.05, 4.69) is 5.32 Å². The number of anilines is 1. The summed E-state index contributed by atoms with van der Waals surface area (Å²) >= 11 is 0. The molecule has 126 valence electrons. The predicted octanol–water partition coefficient (Wildman–Crippen LogP) is 2.90. The van der Waals surface area contributed by atoms with Gasteiger partial charge in [-0.15, -0.1) is 0 Å². The summed E-state index contributed by atoms with van der Waals surface area (Å²) in [6.07, 6.45) is 3.16. The summed E-state index contributed by atoms with van der Waals surface area (Å²) in [5.74, 6) is -0.279. The number of amides is 1. The molecular weight excluding hydrogens is 324 g/mol. The Kier molecular flexibility index (Phi) is 5.54. The van der Waals surface area contributed by atoms with Crippen LogP contribution in [0.15, 0.2) is 59.5 Å². The Morgan fingerprint density at radius 2 is 1.58 bits per heavy atom. The molecular formula is C18H20N2O3S. The van der Waals surface area contributed by atoms with Gasteiger partial charge in [0.2, 0.25) is 15.9 Å². The quantitative estimate of drug-likeness (QED) is 0.848. The Labute approximate surface area is 142 Å². The van der Waals surface area contributed by atoms with Crippen LogP contribution in [0, 0.1) is 6.92 Å². The van der Waals surface area contributed by atoms with E-state index in [4.69, 9.17) is 0 Å². The molecule has 24 heavy (non-hydrogen) atoms. The third-order valence-electron chi connectivity index (χ3n) is 3.40. The summed E-state index contributed by atoms with van der Waals surface area (Å²) in [5.41, 5.74) is 2.62. The van der Waals surface area contributed by atoms with Gasteiger partial charge in [0.25, 0.3) is 0 Å². The maximum Gasteiger partial charge on any atom is 0.248 e. The van der Waals surface area contributed by atoms with Crippen molar-refractivity contribution in [2.45, 2.75) is 11.8 Å². The zero-order valence-electron chi connectivity index (χ0n) is 13.9. The van der Waals surface area contributed by atoms with Crippen molar-refractivity contribution >= 4 is 27.7 Å². The van der Waals surface area contributed by atoms with E-state index in [-0.39, 0.29) is 10.8 Å². The van der Waals surface area contributed by atoms with Crippen molar-refractivity contribution in [1.29, 1.82) is 0 Å². The summed E-state index contributed by atoms with van der Waals surface area (Å²) in [7, 11) is -0.519. The van der Waals surface area contributed by atoms with E-state index >= 15 is 0 Å². The van der Waals surface area contributed by atoms with Crippen LogP contribution in [0.5, 0.6) is 0 Å². The Morgan fingerprint density at radius 1 is 1.00 bits per heavy atom. The van der Waals surface area contributed by atoms with Crippen LogP contribution >= 0.6 is 0 Å². The predicted molar refractivity (Wildman–Crippen MR) is 96.2 cm³/mol. The lowest BCUT2D eigenvalue weighted by molar-refractivity contribution is -0.111. The lowest BCUT2D eigenvalue weighted by atomic mass is 10.1. The molecule has 2 aromatic rings. The van der Waals surface area contributed by atoms with Gasteiger partial charge in [-0.2, -0.15) is 0 Å². The minimum absolute atomic E-state index is 0.181. The topological polar surface area (TPSA) is 66.5 Å². The third kappa shape index (κ3) is 4.53. The van der Waals surface area contributed by atoms with Crippen LogP contribution in [-0.4, -0.2) is 32.7 Å². The number of rotatable bonds is 5. The molecule has 2 rings (SSSR count). The number of hydrogen-bond donors (Lipinski definition) is 1. The summed E-state index contributed by atoms with van der Waals surface area (Å²) in [5, 5.41) is 2.70. The maximum atomic E-state index is 12.0. The van der Waals surface area contributed by atoms with E-state index in [0.717, 1.165) is 15.4 Å². The summed E-state index contributed by atoms with van der Waals surface area (Å²) in [6, 6.07) is 13.9. The lowest BCUT2D eigenvalue weighted by Gasteiger charge is -2.11. The number of carbonyl (C=O) groups is 1. The molecule has 0 saturated carbocycles. The highest BCUT2D eigenvalue weighted by atomic mass is 32.2. The smallest absolute Gasteiger partial charge is 0.248 e. The number of sulfonamides is 1. The number of carbonyl (C=O) groups excluding carboxylic acids is 1. The molecule has 2 aromatic carbocycles. The SMILES string of the molecule is Cc1ccc(C=CC(=O)Nc2ccc(S(=O)(=O)N(C)C)cc2)cc1. The largest absolute Gasteiger partial charge is 0.323 e. The van der Waals surface area contributed by atoms with E-state index in [1.165, 1.54) is 32.3 Å². The van der Waals surface area contributed by atoms with E-state index in [1.54, 1.807) is 18.2 Å². The summed E-state index contributed by atoms with van der Waals surface area (Å²) < 4.78 is 25.1. The van der Waals surface area contributed by atoms with Gasteiger partial charge in [-0.3, -0.25) is 4.79 Å². The van der Waals surface area contributed by atoms with Crippen LogP contribution < -0.4 is 5.32 Å². The first-order valence-electron chi connectivity index (χ1n) is 7.37. The second-order valence-corrected chi connectivity index (χ2v) is 7.70. The van der Waals surface area contributed by atoms with Crippen LogP contribution in [0.4, 0.5) is 5.69 Å². The van der Waals surface area contributed by atoms with Crippen LogP contribution in [0.2, 0.25) is 0 Å². The van der Waals surface area contributed by atoms with Crippen molar-refractivity contribution in [3.05, 3.63) is 65.7 Å². The molecule has 0 saturated heterocycles. The second-order valence-electron chi connectivity index (χ2n) is 5.55. The van der Waals surface area contributed by atoms with Gasteiger partial charge in [-0.05, 0) is 42.8 Å². The zero-order chi connectivity index (χ0) is 17.7. The Balaban J connectivity index is 2.03. The number of aryl methyl sites for hydroxylation is 1. The van der Waals surface area contributed by atoms with E-state index < -0.39 is 10.0 Å². The molecule has 0 aliphatic heterocycles. The van der Waals surface area contributed by atoms with Gasteiger partial charge in [0.05, 0.1) is 4.90 Å². The van der Waals surface area contributed by atoms with Crippen molar-refractivity contribution < 1.29 is 13.2 Å². The average Bonchev–Trinajstić information content (AvgIpc) is 2.54. The number of nitrogens with one attached hydrogen (secondary N) is 1. The molecule has 1 N–H and O–H groups in total. The molecule has 0 spiro atoms. The molecule has 6 heteroatoms. The van der Waals surface area contributed by atoms with Gasteiger partial charge in [-0.25, -0.2) is 12.7 Å². The molecule has 0 bridgehead atoms. The second kappa shape index (κ2) is 7.42. The molecule has 0 unspecified atom stereocenters. The maximum absolute atomic E-state index is 12.0.